The summed E-state index contributed by atoms with van der Waals surface area (Å²) in [4.78, 5) is 5.66. The Morgan fingerprint density at radius 2 is 1.64 bits per heavy atom. The molecular weight excluding hydrogens is 308 g/mol. The second kappa shape index (κ2) is 6.89. The summed E-state index contributed by atoms with van der Waals surface area (Å²) in [6.45, 7) is 5.57. The van der Waals surface area contributed by atoms with Gasteiger partial charge in [-0.25, -0.2) is 0 Å². The van der Waals surface area contributed by atoms with Crippen LogP contribution in [0.4, 0.5) is 0 Å². The summed E-state index contributed by atoms with van der Waals surface area (Å²) >= 11 is 0. The van der Waals surface area contributed by atoms with Gasteiger partial charge < -0.3 is 0 Å². The molecule has 2 bridgehead atoms. The molecule has 4 heterocycles. The molecule has 4 aliphatic rings. The van der Waals surface area contributed by atoms with Gasteiger partial charge in [0.25, 0.3) is 0 Å². The molecule has 6 nitrogen and oxygen atoms in total. The molecule has 0 aromatic rings. The molecule has 4 fully saturated rings. The Labute approximate surface area is 134 Å². The molecule has 1 N–H and O–H groups in total. The standard InChI is InChI=1S/C15H25N2.ClHO4/c1-3-7-16-11-13-9-12(14(16)5-1)10-17-8-4-2-6-15(13)17;2-1(3,4)5/h5,12-15H,1-4,6-11H2;(H,2,3,4,5)/t12-,13-,14-,15+;/m0./s1. The Bertz CT molecular complexity index is 345. The molecule has 0 amide bonds. The van der Waals surface area contributed by atoms with Crippen LogP contribution in [0.3, 0.4) is 0 Å². The van der Waals surface area contributed by atoms with Gasteiger partial charge in [0.2, 0.25) is 0 Å². The van der Waals surface area contributed by atoms with Crippen molar-refractivity contribution < 1.29 is 28.9 Å². The van der Waals surface area contributed by atoms with Crippen molar-refractivity contribution in [3.63, 3.8) is 0 Å². The number of hydrogen-bond acceptors (Lipinski definition) is 6. The lowest BCUT2D eigenvalue weighted by Gasteiger charge is -2.57. The first kappa shape index (κ1) is 16.9. The Kier molecular flexibility index (Phi) is 5.29. The Balaban J connectivity index is 0.000000254. The summed E-state index contributed by atoms with van der Waals surface area (Å²) in [5, 5.41) is 0. The van der Waals surface area contributed by atoms with Crippen molar-refractivity contribution in [3.05, 3.63) is 6.42 Å². The van der Waals surface area contributed by atoms with E-state index in [9.17, 15) is 0 Å². The molecule has 0 aromatic carbocycles. The summed E-state index contributed by atoms with van der Waals surface area (Å²) < 4.78 is 32.7. The van der Waals surface area contributed by atoms with E-state index in [1.54, 1.807) is 0 Å². The van der Waals surface area contributed by atoms with Crippen LogP contribution in [0, 0.1) is 28.5 Å². The molecule has 127 valence electrons. The molecule has 0 aliphatic carbocycles. The SMILES string of the molecule is [CH]1CCCN2C[C@@H]3C[C@@H](CN4CCCC[C@H]34)[C@H]12.[O-][Cl+3]([O-])([O-])O. The minimum absolute atomic E-state index is 0.836. The molecule has 0 aromatic heterocycles. The van der Waals surface area contributed by atoms with E-state index in [0.717, 1.165) is 23.9 Å². The molecule has 4 atom stereocenters. The van der Waals surface area contributed by atoms with Crippen LogP contribution in [-0.4, -0.2) is 52.7 Å². The average Bonchev–Trinajstić information content (AvgIpc) is 2.46. The van der Waals surface area contributed by atoms with E-state index in [4.69, 9.17) is 18.6 Å². The second-order valence-corrected chi connectivity index (χ2v) is 7.87. The monoisotopic (exact) mass is 333 g/mol. The first-order valence-electron chi connectivity index (χ1n) is 8.36. The van der Waals surface area contributed by atoms with Gasteiger partial charge in [-0.1, -0.05) is 6.42 Å². The van der Waals surface area contributed by atoms with Crippen molar-refractivity contribution in [3.8, 4) is 0 Å². The third-order valence-electron chi connectivity index (χ3n) is 5.71. The molecule has 7 heteroatoms. The van der Waals surface area contributed by atoms with Crippen molar-refractivity contribution >= 4 is 0 Å². The zero-order valence-corrected chi connectivity index (χ0v) is 13.7. The normalized spacial score (nSPS) is 39.3. The van der Waals surface area contributed by atoms with E-state index in [1.807, 2.05) is 0 Å². The summed E-state index contributed by atoms with van der Waals surface area (Å²) in [5.74, 6) is 1.96. The number of fused-ring (bicyclic) bond motifs is 6. The van der Waals surface area contributed by atoms with Crippen LogP contribution < -0.4 is 14.0 Å². The maximum Gasteiger partial charge on any atom is 0.0777 e. The molecule has 4 rings (SSSR count). The third kappa shape index (κ3) is 4.12. The molecule has 4 aliphatic heterocycles. The van der Waals surface area contributed by atoms with Gasteiger partial charge >= 0.3 is 0 Å². The number of nitrogens with zero attached hydrogens (tertiary/aromatic N) is 2. The van der Waals surface area contributed by atoms with Gasteiger partial charge in [0, 0.05) is 25.2 Å². The number of piperidine rings is 4. The van der Waals surface area contributed by atoms with Gasteiger partial charge in [-0.3, -0.25) is 9.80 Å². The molecule has 1 radical (unpaired) electrons. The van der Waals surface area contributed by atoms with Gasteiger partial charge in [-0.15, -0.1) is 0 Å². The summed E-state index contributed by atoms with van der Waals surface area (Å²) in [6, 6.07) is 1.78. The van der Waals surface area contributed by atoms with Gasteiger partial charge in [-0.05, 0) is 63.5 Å². The smallest absolute Gasteiger partial charge is 0.0777 e. The highest BCUT2D eigenvalue weighted by Crippen LogP contribution is 2.42. The van der Waals surface area contributed by atoms with Crippen LogP contribution in [0.2, 0.25) is 0 Å². The summed E-state index contributed by atoms with van der Waals surface area (Å²) in [5.41, 5.74) is 0. The van der Waals surface area contributed by atoms with Crippen molar-refractivity contribution in [2.24, 2.45) is 11.8 Å². The van der Waals surface area contributed by atoms with E-state index < -0.39 is 10.2 Å². The van der Waals surface area contributed by atoms with Crippen molar-refractivity contribution in [1.29, 1.82) is 0 Å². The van der Waals surface area contributed by atoms with Crippen molar-refractivity contribution in [2.45, 2.75) is 50.6 Å². The van der Waals surface area contributed by atoms with Crippen molar-refractivity contribution in [1.82, 2.24) is 9.80 Å². The van der Waals surface area contributed by atoms with Crippen LogP contribution in [-0.2, 0) is 0 Å². The number of halogens is 1. The minimum atomic E-state index is -4.69. The molecular formula is C15H26ClN2O4. The Morgan fingerprint density at radius 1 is 0.955 bits per heavy atom. The lowest BCUT2D eigenvalue weighted by molar-refractivity contribution is -1.92. The fraction of sp³-hybridized carbons (Fsp3) is 0.933. The fourth-order valence-corrected chi connectivity index (χ4v) is 5.03. The first-order chi connectivity index (χ1) is 10.4. The van der Waals surface area contributed by atoms with E-state index >= 15 is 0 Å². The first-order valence-corrected chi connectivity index (χ1v) is 9.63. The molecule has 0 unspecified atom stereocenters. The summed E-state index contributed by atoms with van der Waals surface area (Å²) in [6.07, 6.45) is 11.4. The highest BCUT2D eigenvalue weighted by Gasteiger charge is 2.46. The Morgan fingerprint density at radius 3 is 2.41 bits per heavy atom. The maximum atomic E-state index is 8.60. The number of hydrogen-bond donors (Lipinski definition) is 1. The van der Waals surface area contributed by atoms with Crippen LogP contribution >= 0.6 is 0 Å². The minimum Gasteiger partial charge on any atom is -0.300 e. The van der Waals surface area contributed by atoms with Gasteiger partial charge in [0.05, 0.1) is 14.9 Å². The van der Waals surface area contributed by atoms with Crippen LogP contribution in [0.25, 0.3) is 0 Å². The third-order valence-corrected chi connectivity index (χ3v) is 5.71. The van der Waals surface area contributed by atoms with E-state index in [1.165, 1.54) is 64.7 Å². The van der Waals surface area contributed by atoms with Crippen molar-refractivity contribution in [2.75, 3.05) is 26.2 Å². The lowest BCUT2D eigenvalue weighted by atomic mass is 9.71. The average molecular weight is 334 g/mol. The highest BCUT2D eigenvalue weighted by molar-refractivity contribution is 5.05. The molecule has 4 saturated heterocycles. The van der Waals surface area contributed by atoms with Gasteiger partial charge in [-0.2, -0.15) is 14.0 Å². The highest BCUT2D eigenvalue weighted by atomic mass is 35.7. The van der Waals surface area contributed by atoms with Gasteiger partial charge in [0.1, 0.15) is 0 Å². The Hall–Kier alpha value is 0.0500. The fourth-order valence-electron chi connectivity index (χ4n) is 5.03. The van der Waals surface area contributed by atoms with E-state index in [2.05, 4.69) is 16.2 Å². The molecule has 0 spiro atoms. The van der Waals surface area contributed by atoms with E-state index in [-0.39, 0.29) is 0 Å². The zero-order valence-electron chi connectivity index (χ0n) is 12.9. The predicted molar refractivity (Wildman–Crippen MR) is 71.9 cm³/mol. The quantitative estimate of drug-likeness (QED) is 0.553. The van der Waals surface area contributed by atoms with Crippen LogP contribution in [0.5, 0.6) is 0 Å². The second-order valence-electron chi connectivity index (χ2n) is 7.07. The van der Waals surface area contributed by atoms with Crippen LogP contribution in [0.15, 0.2) is 0 Å². The van der Waals surface area contributed by atoms with Crippen LogP contribution in [0.1, 0.15) is 38.5 Å². The molecule has 0 saturated carbocycles. The zero-order chi connectivity index (χ0) is 15.7. The predicted octanol–water partition coefficient (Wildman–Crippen LogP) is -1.96. The molecule has 22 heavy (non-hydrogen) atoms. The van der Waals surface area contributed by atoms with Gasteiger partial charge in [0.15, 0.2) is 0 Å². The number of rotatable bonds is 0. The maximum absolute atomic E-state index is 8.60. The lowest BCUT2D eigenvalue weighted by Crippen LogP contribution is -2.63. The largest absolute Gasteiger partial charge is 0.300 e. The van der Waals surface area contributed by atoms with E-state index in [0.29, 0.717) is 0 Å². The topological polar surface area (TPSA) is 95.9 Å². The summed E-state index contributed by atoms with van der Waals surface area (Å²) in [7, 11) is -4.69.